The SMILES string of the molecule is C/C(=N\NC(=O)CCc1ccc(S(=O)(=O)N2CCOCC2)cc1)c1ccccc1Br. The Hall–Kier alpha value is -2.07. The first kappa shape index (κ1) is 22.6. The van der Waals surface area contributed by atoms with Gasteiger partial charge in [0.15, 0.2) is 0 Å². The van der Waals surface area contributed by atoms with Crippen LogP contribution < -0.4 is 5.43 Å². The van der Waals surface area contributed by atoms with Gasteiger partial charge in [0.05, 0.1) is 23.8 Å². The summed E-state index contributed by atoms with van der Waals surface area (Å²) in [4.78, 5) is 12.4. The summed E-state index contributed by atoms with van der Waals surface area (Å²) >= 11 is 3.46. The van der Waals surface area contributed by atoms with E-state index in [1.165, 1.54) is 4.31 Å². The molecule has 2 aromatic carbocycles. The number of amides is 1. The number of benzene rings is 2. The fourth-order valence-electron chi connectivity index (χ4n) is 3.04. The van der Waals surface area contributed by atoms with E-state index < -0.39 is 10.0 Å². The highest BCUT2D eigenvalue weighted by molar-refractivity contribution is 9.10. The zero-order valence-corrected chi connectivity index (χ0v) is 19.1. The molecule has 1 amide bonds. The Bertz CT molecular complexity index is 1020. The summed E-state index contributed by atoms with van der Waals surface area (Å²) in [5, 5.41) is 4.16. The summed E-state index contributed by atoms with van der Waals surface area (Å²) in [5.74, 6) is -0.202. The van der Waals surface area contributed by atoms with Crippen molar-refractivity contribution >= 4 is 37.6 Å². The van der Waals surface area contributed by atoms with Gasteiger partial charge in [-0.25, -0.2) is 13.8 Å². The standard InChI is InChI=1S/C21H24BrN3O4S/c1-16(19-4-2-3-5-20(19)22)23-24-21(26)11-8-17-6-9-18(10-7-17)30(27,28)25-12-14-29-15-13-25/h2-7,9-10H,8,11-15H2,1H3,(H,24,26)/b23-16+. The second-order valence-electron chi connectivity index (χ2n) is 6.87. The Morgan fingerprint density at radius 1 is 1.13 bits per heavy atom. The summed E-state index contributed by atoms with van der Waals surface area (Å²) in [6.07, 6.45) is 0.746. The largest absolute Gasteiger partial charge is 0.379 e. The Balaban J connectivity index is 1.54. The minimum atomic E-state index is -3.51. The van der Waals surface area contributed by atoms with Crippen molar-refractivity contribution in [3.05, 3.63) is 64.1 Å². The third-order valence-electron chi connectivity index (χ3n) is 4.78. The number of sulfonamides is 1. The molecular weight excluding hydrogens is 470 g/mol. The monoisotopic (exact) mass is 493 g/mol. The molecule has 0 radical (unpaired) electrons. The molecule has 1 N–H and O–H groups in total. The predicted molar refractivity (Wildman–Crippen MR) is 119 cm³/mol. The van der Waals surface area contributed by atoms with Crippen molar-refractivity contribution in [1.82, 2.24) is 9.73 Å². The first-order chi connectivity index (χ1) is 14.4. The minimum Gasteiger partial charge on any atom is -0.379 e. The highest BCUT2D eigenvalue weighted by Crippen LogP contribution is 2.18. The molecule has 160 valence electrons. The van der Waals surface area contributed by atoms with E-state index >= 15 is 0 Å². The number of carbonyl (C=O) groups is 1. The number of morpholine rings is 1. The fraction of sp³-hybridized carbons (Fsp3) is 0.333. The molecule has 7 nitrogen and oxygen atoms in total. The maximum absolute atomic E-state index is 12.6. The average molecular weight is 494 g/mol. The first-order valence-electron chi connectivity index (χ1n) is 9.63. The molecule has 1 fully saturated rings. The molecule has 9 heteroatoms. The normalized spacial score (nSPS) is 15.7. The molecule has 2 aromatic rings. The van der Waals surface area contributed by atoms with E-state index in [0.717, 1.165) is 15.6 Å². The third-order valence-corrected chi connectivity index (χ3v) is 7.39. The van der Waals surface area contributed by atoms with Crippen molar-refractivity contribution in [3.63, 3.8) is 0 Å². The van der Waals surface area contributed by atoms with Gasteiger partial charge in [0.2, 0.25) is 15.9 Å². The number of nitrogens with zero attached hydrogens (tertiary/aromatic N) is 2. The van der Waals surface area contributed by atoms with Crippen molar-refractivity contribution in [1.29, 1.82) is 0 Å². The van der Waals surface area contributed by atoms with Crippen molar-refractivity contribution in [2.24, 2.45) is 5.10 Å². The van der Waals surface area contributed by atoms with Gasteiger partial charge < -0.3 is 4.74 Å². The van der Waals surface area contributed by atoms with Crippen molar-refractivity contribution < 1.29 is 17.9 Å². The van der Waals surface area contributed by atoms with E-state index in [0.29, 0.717) is 38.4 Å². The van der Waals surface area contributed by atoms with Crippen LogP contribution in [0.3, 0.4) is 0 Å². The molecule has 1 aliphatic heterocycles. The lowest BCUT2D eigenvalue weighted by Crippen LogP contribution is -2.40. The average Bonchev–Trinajstić information content (AvgIpc) is 2.77. The molecule has 1 heterocycles. The lowest BCUT2D eigenvalue weighted by atomic mass is 10.1. The molecule has 0 saturated carbocycles. The molecule has 0 spiro atoms. The third kappa shape index (κ3) is 5.75. The number of ether oxygens (including phenoxy) is 1. The smallest absolute Gasteiger partial charge is 0.243 e. The first-order valence-corrected chi connectivity index (χ1v) is 11.9. The second-order valence-corrected chi connectivity index (χ2v) is 9.66. The molecule has 1 saturated heterocycles. The molecule has 30 heavy (non-hydrogen) atoms. The predicted octanol–water partition coefficient (Wildman–Crippen LogP) is 2.94. The van der Waals surface area contributed by atoms with Crippen LogP contribution in [0.1, 0.15) is 24.5 Å². The minimum absolute atomic E-state index is 0.202. The highest BCUT2D eigenvalue weighted by atomic mass is 79.9. The number of hydrogen-bond donors (Lipinski definition) is 1. The molecule has 0 unspecified atom stereocenters. The molecule has 0 bridgehead atoms. The van der Waals surface area contributed by atoms with Gasteiger partial charge in [-0.05, 0) is 37.1 Å². The molecule has 1 aliphatic rings. The van der Waals surface area contributed by atoms with E-state index in [2.05, 4.69) is 26.5 Å². The van der Waals surface area contributed by atoms with E-state index in [-0.39, 0.29) is 17.2 Å². The fourth-order valence-corrected chi connectivity index (χ4v) is 5.02. The van der Waals surface area contributed by atoms with Gasteiger partial charge in [0, 0.05) is 29.5 Å². The zero-order valence-electron chi connectivity index (χ0n) is 16.7. The lowest BCUT2D eigenvalue weighted by molar-refractivity contribution is -0.121. The van der Waals surface area contributed by atoms with E-state index in [1.807, 2.05) is 31.2 Å². The zero-order chi connectivity index (χ0) is 21.6. The summed E-state index contributed by atoms with van der Waals surface area (Å²) in [7, 11) is -3.51. The highest BCUT2D eigenvalue weighted by Gasteiger charge is 2.26. The molecule has 0 aliphatic carbocycles. The van der Waals surface area contributed by atoms with E-state index in [1.54, 1.807) is 24.3 Å². The van der Waals surface area contributed by atoms with Gasteiger partial charge in [-0.15, -0.1) is 0 Å². The maximum Gasteiger partial charge on any atom is 0.243 e. The number of hydrazone groups is 1. The molecular formula is C21H24BrN3O4S. The van der Waals surface area contributed by atoms with Crippen molar-refractivity contribution in [3.8, 4) is 0 Å². The van der Waals surface area contributed by atoms with Gasteiger partial charge in [-0.1, -0.05) is 46.3 Å². The summed E-state index contributed by atoms with van der Waals surface area (Å²) in [6.45, 7) is 3.38. The molecule has 0 aromatic heterocycles. The summed E-state index contributed by atoms with van der Waals surface area (Å²) in [5.41, 5.74) is 5.07. The maximum atomic E-state index is 12.6. The van der Waals surface area contributed by atoms with Gasteiger partial charge in [-0.3, -0.25) is 4.79 Å². The van der Waals surface area contributed by atoms with Crippen LogP contribution in [0.2, 0.25) is 0 Å². The molecule has 0 atom stereocenters. The van der Waals surface area contributed by atoms with Crippen LogP contribution in [0.25, 0.3) is 0 Å². The van der Waals surface area contributed by atoms with E-state index in [4.69, 9.17) is 4.74 Å². The lowest BCUT2D eigenvalue weighted by Gasteiger charge is -2.26. The number of aryl methyl sites for hydroxylation is 1. The van der Waals surface area contributed by atoms with Crippen molar-refractivity contribution in [2.45, 2.75) is 24.7 Å². The number of carbonyl (C=O) groups excluding carboxylic acids is 1. The van der Waals surface area contributed by atoms with Crippen LogP contribution in [0.5, 0.6) is 0 Å². The van der Waals surface area contributed by atoms with Gasteiger partial charge in [0.25, 0.3) is 0 Å². The van der Waals surface area contributed by atoms with Crippen LogP contribution in [0.15, 0.2) is 63.0 Å². The quantitative estimate of drug-likeness (QED) is 0.474. The second kappa shape index (κ2) is 10.3. The number of nitrogens with one attached hydrogen (secondary N) is 1. The van der Waals surface area contributed by atoms with Gasteiger partial charge in [0.1, 0.15) is 0 Å². The van der Waals surface area contributed by atoms with Crippen molar-refractivity contribution in [2.75, 3.05) is 26.3 Å². The van der Waals surface area contributed by atoms with Crippen LogP contribution in [-0.4, -0.2) is 50.6 Å². The van der Waals surface area contributed by atoms with Gasteiger partial charge >= 0.3 is 0 Å². The Morgan fingerprint density at radius 2 is 1.80 bits per heavy atom. The van der Waals surface area contributed by atoms with Gasteiger partial charge in [-0.2, -0.15) is 9.41 Å². The van der Waals surface area contributed by atoms with Crippen LogP contribution in [-0.2, 0) is 26.0 Å². The van der Waals surface area contributed by atoms with E-state index in [9.17, 15) is 13.2 Å². The summed E-state index contributed by atoms with van der Waals surface area (Å²) < 4.78 is 32.8. The Kier molecular flexibility index (Phi) is 7.76. The van der Waals surface area contributed by atoms with Crippen LogP contribution >= 0.6 is 15.9 Å². The number of hydrogen-bond acceptors (Lipinski definition) is 5. The Labute approximate surface area is 185 Å². The summed E-state index contributed by atoms with van der Waals surface area (Å²) in [6, 6.07) is 14.3. The number of halogens is 1. The molecule has 3 rings (SSSR count). The van der Waals surface area contributed by atoms with Crippen LogP contribution in [0.4, 0.5) is 0 Å². The Morgan fingerprint density at radius 3 is 2.47 bits per heavy atom. The number of rotatable bonds is 7. The topological polar surface area (TPSA) is 88.1 Å². The van der Waals surface area contributed by atoms with Crippen LogP contribution in [0, 0.1) is 0 Å².